The molecule has 4 nitrogen and oxygen atoms in total. The fourth-order valence-corrected chi connectivity index (χ4v) is 3.05. The van der Waals surface area contributed by atoms with Crippen LogP contribution in [0.2, 0.25) is 5.02 Å². The maximum absolute atomic E-state index is 12.3. The highest BCUT2D eigenvalue weighted by atomic mass is 35.5. The van der Waals surface area contributed by atoms with Gasteiger partial charge in [0, 0.05) is 30.1 Å². The maximum Gasteiger partial charge on any atom is 0.225 e. The second-order valence-electron chi connectivity index (χ2n) is 6.28. The predicted octanol–water partition coefficient (Wildman–Crippen LogP) is 2.64. The van der Waals surface area contributed by atoms with Crippen molar-refractivity contribution in [3.05, 3.63) is 34.9 Å². The first-order valence-corrected chi connectivity index (χ1v) is 8.09. The predicted molar refractivity (Wildman–Crippen MR) is 87.7 cm³/mol. The van der Waals surface area contributed by atoms with Gasteiger partial charge < -0.3 is 10.2 Å². The molecule has 1 heterocycles. The van der Waals surface area contributed by atoms with Gasteiger partial charge in [0.1, 0.15) is 0 Å². The third-order valence-corrected chi connectivity index (χ3v) is 4.21. The average Bonchev–Trinajstić information content (AvgIpc) is 2.81. The van der Waals surface area contributed by atoms with E-state index in [0.29, 0.717) is 18.0 Å². The van der Waals surface area contributed by atoms with E-state index in [-0.39, 0.29) is 29.8 Å². The first kappa shape index (κ1) is 16.8. The minimum absolute atomic E-state index is 0.00849. The molecule has 120 valence electrons. The Bertz CT molecular complexity index is 559. The average molecular weight is 323 g/mol. The number of rotatable bonds is 5. The molecule has 1 aliphatic heterocycles. The molecule has 0 unspecified atom stereocenters. The molecule has 0 aromatic heterocycles. The van der Waals surface area contributed by atoms with E-state index in [1.807, 2.05) is 45.0 Å². The lowest BCUT2D eigenvalue weighted by Crippen LogP contribution is -2.40. The molecule has 1 aromatic rings. The molecule has 1 N–H and O–H groups in total. The number of amides is 2. The Morgan fingerprint density at radius 1 is 1.41 bits per heavy atom. The Morgan fingerprint density at radius 3 is 2.73 bits per heavy atom. The summed E-state index contributed by atoms with van der Waals surface area (Å²) < 4.78 is 0. The van der Waals surface area contributed by atoms with Crippen LogP contribution < -0.4 is 5.32 Å². The lowest BCUT2D eigenvalue weighted by atomic mass is 10.0. The molecule has 2 rings (SSSR count). The molecule has 2 atom stereocenters. The molecule has 2 amide bonds. The van der Waals surface area contributed by atoms with Crippen molar-refractivity contribution in [3.63, 3.8) is 0 Å². The molecule has 1 aromatic carbocycles. The number of hydrogen-bond acceptors (Lipinski definition) is 2. The van der Waals surface area contributed by atoms with Gasteiger partial charge in [0.05, 0.1) is 5.92 Å². The number of carbonyl (C=O) groups is 2. The van der Waals surface area contributed by atoms with Crippen LogP contribution in [0.25, 0.3) is 0 Å². The zero-order valence-corrected chi connectivity index (χ0v) is 14.1. The number of halogens is 1. The van der Waals surface area contributed by atoms with Crippen LogP contribution >= 0.6 is 11.6 Å². The van der Waals surface area contributed by atoms with Gasteiger partial charge in [0.2, 0.25) is 11.8 Å². The molecule has 1 fully saturated rings. The third kappa shape index (κ3) is 4.23. The summed E-state index contributed by atoms with van der Waals surface area (Å²) in [6.45, 7) is 6.43. The van der Waals surface area contributed by atoms with E-state index in [2.05, 4.69) is 5.32 Å². The van der Waals surface area contributed by atoms with E-state index in [4.69, 9.17) is 11.6 Å². The van der Waals surface area contributed by atoms with Gasteiger partial charge in [-0.2, -0.15) is 0 Å². The van der Waals surface area contributed by atoms with Crippen molar-refractivity contribution in [3.8, 4) is 0 Å². The Hall–Kier alpha value is -1.55. The van der Waals surface area contributed by atoms with Crippen LogP contribution in [0.15, 0.2) is 24.3 Å². The molecule has 22 heavy (non-hydrogen) atoms. The first-order valence-electron chi connectivity index (χ1n) is 7.71. The lowest BCUT2D eigenvalue weighted by Gasteiger charge is -2.21. The second kappa shape index (κ2) is 7.14. The molecule has 1 aliphatic rings. The summed E-state index contributed by atoms with van der Waals surface area (Å²) in [5.41, 5.74) is 1.09. The topological polar surface area (TPSA) is 49.4 Å². The smallest absolute Gasteiger partial charge is 0.225 e. The van der Waals surface area contributed by atoms with Crippen molar-refractivity contribution in [2.24, 2.45) is 5.92 Å². The molecule has 1 saturated heterocycles. The van der Waals surface area contributed by atoms with Crippen molar-refractivity contribution in [2.75, 3.05) is 6.54 Å². The number of likely N-dealkylation sites (tertiary alicyclic amines) is 1. The molecule has 0 radical (unpaired) electrons. The van der Waals surface area contributed by atoms with Crippen molar-refractivity contribution in [2.45, 2.75) is 45.7 Å². The van der Waals surface area contributed by atoms with E-state index in [9.17, 15) is 9.59 Å². The molecule has 0 bridgehead atoms. The Balaban J connectivity index is 1.88. The number of carbonyl (C=O) groups excluding carboxylic acids is 2. The summed E-state index contributed by atoms with van der Waals surface area (Å²) in [7, 11) is 0. The van der Waals surface area contributed by atoms with E-state index >= 15 is 0 Å². The van der Waals surface area contributed by atoms with E-state index < -0.39 is 0 Å². The SMILES string of the molecule is CC(C)N1C[C@H](C(=O)N[C@@H](C)Cc2cccc(Cl)c2)CC1=O. The quantitative estimate of drug-likeness (QED) is 0.906. The highest BCUT2D eigenvalue weighted by molar-refractivity contribution is 6.30. The highest BCUT2D eigenvalue weighted by Gasteiger charge is 2.35. The first-order chi connectivity index (χ1) is 10.4. The zero-order chi connectivity index (χ0) is 16.3. The number of nitrogens with one attached hydrogen (secondary N) is 1. The molecule has 0 aliphatic carbocycles. The van der Waals surface area contributed by atoms with Gasteiger partial charge in [-0.1, -0.05) is 23.7 Å². The van der Waals surface area contributed by atoms with Gasteiger partial charge in [-0.05, 0) is 44.9 Å². The fraction of sp³-hybridized carbons (Fsp3) is 0.529. The summed E-state index contributed by atoms with van der Waals surface area (Å²) in [6.07, 6.45) is 1.04. The van der Waals surface area contributed by atoms with Gasteiger partial charge in [0.15, 0.2) is 0 Å². The summed E-state index contributed by atoms with van der Waals surface area (Å²) in [6, 6.07) is 7.79. The van der Waals surface area contributed by atoms with Crippen LogP contribution in [0.3, 0.4) is 0 Å². The molecule has 5 heteroatoms. The van der Waals surface area contributed by atoms with Gasteiger partial charge >= 0.3 is 0 Å². The Kier molecular flexibility index (Phi) is 5.46. The molecule has 0 saturated carbocycles. The van der Waals surface area contributed by atoms with Crippen molar-refractivity contribution >= 4 is 23.4 Å². The van der Waals surface area contributed by atoms with Gasteiger partial charge in [-0.25, -0.2) is 0 Å². The summed E-state index contributed by atoms with van der Waals surface area (Å²) in [4.78, 5) is 26.0. The summed E-state index contributed by atoms with van der Waals surface area (Å²) >= 11 is 5.97. The van der Waals surface area contributed by atoms with Crippen LogP contribution in [-0.4, -0.2) is 35.3 Å². The van der Waals surface area contributed by atoms with Crippen molar-refractivity contribution in [1.29, 1.82) is 0 Å². The van der Waals surface area contributed by atoms with Crippen LogP contribution in [0.5, 0.6) is 0 Å². The van der Waals surface area contributed by atoms with Gasteiger partial charge in [-0.3, -0.25) is 9.59 Å². The Morgan fingerprint density at radius 2 is 2.14 bits per heavy atom. The molecular weight excluding hydrogens is 300 g/mol. The van der Waals surface area contributed by atoms with E-state index in [1.54, 1.807) is 4.90 Å². The minimum Gasteiger partial charge on any atom is -0.353 e. The van der Waals surface area contributed by atoms with Crippen LogP contribution in [-0.2, 0) is 16.0 Å². The molecule has 0 spiro atoms. The van der Waals surface area contributed by atoms with E-state index in [1.165, 1.54) is 0 Å². The lowest BCUT2D eigenvalue weighted by molar-refractivity contribution is -0.130. The number of benzene rings is 1. The van der Waals surface area contributed by atoms with Gasteiger partial charge in [0.25, 0.3) is 0 Å². The fourth-order valence-electron chi connectivity index (χ4n) is 2.84. The Labute approximate surface area is 136 Å². The van der Waals surface area contributed by atoms with E-state index in [0.717, 1.165) is 12.0 Å². The highest BCUT2D eigenvalue weighted by Crippen LogP contribution is 2.20. The third-order valence-electron chi connectivity index (χ3n) is 3.97. The number of nitrogens with zero attached hydrogens (tertiary/aromatic N) is 1. The normalized spacial score (nSPS) is 19.6. The van der Waals surface area contributed by atoms with Gasteiger partial charge in [-0.15, -0.1) is 0 Å². The van der Waals surface area contributed by atoms with Crippen LogP contribution in [0.4, 0.5) is 0 Å². The van der Waals surface area contributed by atoms with Crippen molar-refractivity contribution < 1.29 is 9.59 Å². The standard InChI is InChI=1S/C17H23ClN2O2/c1-11(2)20-10-14(9-16(20)21)17(22)19-12(3)7-13-5-4-6-15(18)8-13/h4-6,8,11-12,14H,7,9-10H2,1-3H3,(H,19,22)/t12-,14+/m0/s1. The monoisotopic (exact) mass is 322 g/mol. The second-order valence-corrected chi connectivity index (χ2v) is 6.72. The summed E-state index contributed by atoms with van der Waals surface area (Å²) in [5, 5.41) is 3.71. The molecular formula is C17H23ClN2O2. The number of hydrogen-bond donors (Lipinski definition) is 1. The summed E-state index contributed by atoms with van der Waals surface area (Å²) in [5.74, 6) is -0.208. The zero-order valence-electron chi connectivity index (χ0n) is 13.3. The van der Waals surface area contributed by atoms with Crippen molar-refractivity contribution in [1.82, 2.24) is 10.2 Å². The maximum atomic E-state index is 12.3. The largest absolute Gasteiger partial charge is 0.353 e. The van der Waals surface area contributed by atoms with Crippen LogP contribution in [0.1, 0.15) is 32.8 Å². The minimum atomic E-state index is -0.239. The van der Waals surface area contributed by atoms with Crippen LogP contribution in [0, 0.1) is 5.92 Å².